The zero-order chi connectivity index (χ0) is 19.9. The van der Waals surface area contributed by atoms with E-state index in [1.54, 1.807) is 0 Å². The number of rotatable bonds is 7. The Bertz CT molecular complexity index is 879. The average molecular weight is 445 g/mol. The van der Waals surface area contributed by atoms with E-state index >= 15 is 0 Å². The van der Waals surface area contributed by atoms with Crippen LogP contribution in [0.4, 0.5) is 4.39 Å². The summed E-state index contributed by atoms with van der Waals surface area (Å²) in [5, 5.41) is 10.1. The minimum absolute atomic E-state index is 0.204. The highest BCUT2D eigenvalue weighted by Gasteiger charge is 2.24. The Balaban J connectivity index is 1.68. The van der Waals surface area contributed by atoms with Crippen molar-refractivity contribution in [3.8, 4) is 5.75 Å². The van der Waals surface area contributed by atoms with Crippen molar-refractivity contribution in [2.24, 2.45) is 0 Å². The van der Waals surface area contributed by atoms with Crippen molar-refractivity contribution in [2.45, 2.75) is 12.2 Å². The fourth-order valence-corrected chi connectivity index (χ4v) is 2.84. The quantitative estimate of drug-likeness (QED) is 0.538. The van der Waals surface area contributed by atoms with Gasteiger partial charge in [0.25, 0.3) is 0 Å². The van der Waals surface area contributed by atoms with Gasteiger partial charge in [0.15, 0.2) is 12.2 Å². The number of esters is 1. The van der Waals surface area contributed by atoms with Crippen molar-refractivity contribution in [1.82, 2.24) is 0 Å². The first kappa shape index (κ1) is 20.0. The number of aliphatic hydroxyl groups is 1. The van der Waals surface area contributed by atoms with Crippen LogP contribution in [0.5, 0.6) is 5.75 Å². The number of hydrogen-bond donors (Lipinski definition) is 1. The normalized spacial score (nSPS) is 11.9. The van der Waals surface area contributed by atoms with E-state index in [0.717, 1.165) is 11.1 Å². The van der Waals surface area contributed by atoms with Crippen molar-refractivity contribution in [3.63, 3.8) is 0 Å². The summed E-state index contributed by atoms with van der Waals surface area (Å²) in [7, 11) is 0. The molecule has 0 aliphatic rings. The molecule has 0 amide bonds. The summed E-state index contributed by atoms with van der Waals surface area (Å²) in [4.78, 5) is 12.4. The Morgan fingerprint density at radius 1 is 0.964 bits per heavy atom. The maximum atomic E-state index is 13.5. The van der Waals surface area contributed by atoms with Gasteiger partial charge in [0.1, 0.15) is 18.2 Å². The van der Waals surface area contributed by atoms with Crippen molar-refractivity contribution < 1.29 is 23.8 Å². The van der Waals surface area contributed by atoms with E-state index in [0.29, 0.717) is 4.47 Å². The Morgan fingerprint density at radius 2 is 1.54 bits per heavy atom. The molecule has 1 atom stereocenters. The van der Waals surface area contributed by atoms with Gasteiger partial charge in [0.05, 0.1) is 4.47 Å². The maximum absolute atomic E-state index is 13.5. The lowest BCUT2D eigenvalue weighted by Gasteiger charge is -2.21. The van der Waals surface area contributed by atoms with Gasteiger partial charge in [0.2, 0.25) is 0 Å². The van der Waals surface area contributed by atoms with E-state index in [9.17, 15) is 14.3 Å². The second kappa shape index (κ2) is 9.48. The van der Waals surface area contributed by atoms with E-state index in [1.165, 1.54) is 18.2 Å². The zero-order valence-electron chi connectivity index (χ0n) is 14.8. The fraction of sp³-hybridized carbons (Fsp3) is 0.136. The Labute approximate surface area is 170 Å². The number of ether oxygens (including phenoxy) is 2. The lowest BCUT2D eigenvalue weighted by atomic mass is 10.0. The standard InChI is InChI=1S/C22H18BrFO4/c23-18-12-11-17(13-19(18)24)27-14-20(25)22(26)28-21(15-7-3-1-4-8-15)16-9-5-2-6-10-16/h1-13,20-21,25H,14H2/t20-/m1/s1. The van der Waals surface area contributed by atoms with E-state index < -0.39 is 24.0 Å². The van der Waals surface area contributed by atoms with Gasteiger partial charge >= 0.3 is 5.97 Å². The SMILES string of the molecule is O=C(OC(c1ccccc1)c1ccccc1)[C@H](O)COc1ccc(Br)c(F)c1. The molecule has 0 saturated carbocycles. The molecule has 0 radical (unpaired) electrons. The highest BCUT2D eigenvalue weighted by Crippen LogP contribution is 2.26. The van der Waals surface area contributed by atoms with Gasteiger partial charge in [-0.05, 0) is 39.2 Å². The first-order valence-corrected chi connectivity index (χ1v) is 9.40. The van der Waals surface area contributed by atoms with Gasteiger partial charge in [0, 0.05) is 6.07 Å². The summed E-state index contributed by atoms with van der Waals surface area (Å²) >= 11 is 3.05. The minimum atomic E-state index is -1.51. The first-order chi connectivity index (χ1) is 13.5. The lowest BCUT2D eigenvalue weighted by molar-refractivity contribution is -0.159. The summed E-state index contributed by atoms with van der Waals surface area (Å²) in [6, 6.07) is 22.7. The smallest absolute Gasteiger partial charge is 0.339 e. The fourth-order valence-electron chi connectivity index (χ4n) is 2.59. The molecule has 0 unspecified atom stereocenters. The molecule has 0 aromatic heterocycles. The molecule has 144 valence electrons. The van der Waals surface area contributed by atoms with Crippen LogP contribution in [0.15, 0.2) is 83.3 Å². The molecular weight excluding hydrogens is 427 g/mol. The summed E-state index contributed by atoms with van der Waals surface area (Å²) in [6.07, 6.45) is -2.17. The highest BCUT2D eigenvalue weighted by molar-refractivity contribution is 9.10. The van der Waals surface area contributed by atoms with Gasteiger partial charge in [-0.2, -0.15) is 0 Å². The van der Waals surface area contributed by atoms with Gasteiger partial charge in [-0.25, -0.2) is 9.18 Å². The molecule has 0 aliphatic heterocycles. The van der Waals surface area contributed by atoms with E-state index in [4.69, 9.17) is 9.47 Å². The monoisotopic (exact) mass is 444 g/mol. The summed E-state index contributed by atoms with van der Waals surface area (Å²) < 4.78 is 24.7. The Hall–Kier alpha value is -2.70. The average Bonchev–Trinajstić information content (AvgIpc) is 2.73. The van der Waals surface area contributed by atoms with Gasteiger partial charge < -0.3 is 14.6 Å². The van der Waals surface area contributed by atoms with Crippen molar-refractivity contribution >= 4 is 21.9 Å². The van der Waals surface area contributed by atoms with Gasteiger partial charge in [-0.3, -0.25) is 0 Å². The minimum Gasteiger partial charge on any atom is -0.490 e. The van der Waals surface area contributed by atoms with Crippen LogP contribution in [0.1, 0.15) is 17.2 Å². The van der Waals surface area contributed by atoms with E-state index in [1.807, 2.05) is 60.7 Å². The molecule has 0 saturated heterocycles. The van der Waals surface area contributed by atoms with Crippen LogP contribution >= 0.6 is 15.9 Å². The zero-order valence-corrected chi connectivity index (χ0v) is 16.4. The second-order valence-electron chi connectivity index (χ2n) is 6.04. The number of carbonyl (C=O) groups is 1. The van der Waals surface area contributed by atoms with Crippen LogP contribution in [0.3, 0.4) is 0 Å². The molecule has 0 aliphatic carbocycles. The molecule has 0 spiro atoms. The van der Waals surface area contributed by atoms with Crippen LogP contribution in [0.25, 0.3) is 0 Å². The topological polar surface area (TPSA) is 55.8 Å². The molecular formula is C22H18BrFO4. The predicted octanol–water partition coefficient (Wildman–Crippen LogP) is 4.66. The van der Waals surface area contributed by atoms with Gasteiger partial charge in [-0.15, -0.1) is 0 Å². The van der Waals surface area contributed by atoms with E-state index in [2.05, 4.69) is 15.9 Å². The third-order valence-electron chi connectivity index (χ3n) is 4.01. The Morgan fingerprint density at radius 3 is 2.07 bits per heavy atom. The molecule has 4 nitrogen and oxygen atoms in total. The molecule has 0 bridgehead atoms. The molecule has 0 heterocycles. The van der Waals surface area contributed by atoms with Crippen LogP contribution < -0.4 is 4.74 Å². The van der Waals surface area contributed by atoms with Crippen molar-refractivity contribution in [3.05, 3.63) is 100 Å². The van der Waals surface area contributed by atoms with Crippen LogP contribution in [0.2, 0.25) is 0 Å². The number of carbonyl (C=O) groups excluding carboxylic acids is 1. The van der Waals surface area contributed by atoms with Crippen LogP contribution in [0, 0.1) is 5.82 Å². The molecule has 3 aromatic rings. The molecule has 28 heavy (non-hydrogen) atoms. The molecule has 6 heteroatoms. The molecule has 3 aromatic carbocycles. The van der Waals surface area contributed by atoms with Crippen LogP contribution in [-0.4, -0.2) is 23.8 Å². The van der Waals surface area contributed by atoms with Gasteiger partial charge in [-0.1, -0.05) is 60.7 Å². The molecule has 0 fully saturated rings. The number of aliphatic hydroxyl groups excluding tert-OH is 1. The third kappa shape index (κ3) is 5.18. The largest absolute Gasteiger partial charge is 0.490 e. The number of halogens is 2. The van der Waals surface area contributed by atoms with Crippen molar-refractivity contribution in [2.75, 3.05) is 6.61 Å². The maximum Gasteiger partial charge on any atom is 0.339 e. The number of benzene rings is 3. The predicted molar refractivity (Wildman–Crippen MR) is 106 cm³/mol. The molecule has 3 rings (SSSR count). The second-order valence-corrected chi connectivity index (χ2v) is 6.90. The van der Waals surface area contributed by atoms with Crippen molar-refractivity contribution in [1.29, 1.82) is 0 Å². The van der Waals surface area contributed by atoms with E-state index in [-0.39, 0.29) is 12.4 Å². The summed E-state index contributed by atoms with van der Waals surface area (Å²) in [6.45, 7) is -0.351. The lowest BCUT2D eigenvalue weighted by Crippen LogP contribution is -2.30. The Kier molecular flexibility index (Phi) is 6.79. The first-order valence-electron chi connectivity index (χ1n) is 8.61. The third-order valence-corrected chi connectivity index (χ3v) is 4.65. The number of hydrogen-bond acceptors (Lipinski definition) is 4. The summed E-state index contributed by atoms with van der Waals surface area (Å²) in [5.41, 5.74) is 1.57. The summed E-state index contributed by atoms with van der Waals surface area (Å²) in [5.74, 6) is -1.12. The highest BCUT2D eigenvalue weighted by atomic mass is 79.9. The van der Waals surface area contributed by atoms with Crippen LogP contribution in [-0.2, 0) is 9.53 Å². The molecule has 1 N–H and O–H groups in total.